The third kappa shape index (κ3) is 3.28. The van der Waals surface area contributed by atoms with Crippen LogP contribution in [0.1, 0.15) is 13.3 Å². The van der Waals surface area contributed by atoms with E-state index in [0.717, 1.165) is 35.9 Å². The number of thioether (sulfide) groups is 2. The topological polar surface area (TPSA) is 20.3 Å². The Labute approximate surface area is 140 Å². The molecule has 1 saturated heterocycles. The number of nitrogens with zero attached hydrogens (tertiary/aromatic N) is 1. The molecule has 1 fully saturated rings. The van der Waals surface area contributed by atoms with E-state index in [0.29, 0.717) is 0 Å². The lowest BCUT2D eigenvalue weighted by atomic mass is 10.1. The zero-order valence-corrected chi connectivity index (χ0v) is 14.5. The van der Waals surface area contributed by atoms with Crippen molar-refractivity contribution in [3.8, 4) is 0 Å². The number of rotatable bonds is 4. The predicted molar refractivity (Wildman–Crippen MR) is 100 cm³/mol. The first-order valence-electron chi connectivity index (χ1n) is 7.79. The molecule has 3 rings (SSSR count). The molecule has 0 saturated carbocycles. The monoisotopic (exact) mass is 331 g/mol. The summed E-state index contributed by atoms with van der Waals surface area (Å²) in [6.45, 7) is 2.92. The van der Waals surface area contributed by atoms with Crippen LogP contribution < -0.4 is 4.90 Å². The van der Waals surface area contributed by atoms with Gasteiger partial charge in [0.2, 0.25) is 5.91 Å². The van der Waals surface area contributed by atoms with Crippen LogP contribution in [0.3, 0.4) is 0 Å². The van der Waals surface area contributed by atoms with Gasteiger partial charge in [0.1, 0.15) is 0 Å². The Balaban J connectivity index is 1.97. The molecular weight excluding hydrogens is 310 g/mol. The van der Waals surface area contributed by atoms with Crippen LogP contribution in [0.2, 0.25) is 0 Å². The molecule has 4 heteroatoms. The standard InChI is InChI=1S/C18H21NOS2/c1-2-10-19(18(20)17-13-21-11-12-22-17)16-9-5-7-14-6-3-4-8-15(14)16/h3-9,17H,2,10-13H2,1H3. The van der Waals surface area contributed by atoms with E-state index in [-0.39, 0.29) is 11.2 Å². The van der Waals surface area contributed by atoms with E-state index < -0.39 is 0 Å². The van der Waals surface area contributed by atoms with Crippen LogP contribution in [-0.2, 0) is 4.79 Å². The van der Waals surface area contributed by atoms with E-state index in [1.807, 2.05) is 40.6 Å². The van der Waals surface area contributed by atoms with Gasteiger partial charge in [-0.05, 0) is 17.9 Å². The van der Waals surface area contributed by atoms with Crippen LogP contribution in [0, 0.1) is 0 Å². The summed E-state index contributed by atoms with van der Waals surface area (Å²) in [5, 5.41) is 2.46. The van der Waals surface area contributed by atoms with Gasteiger partial charge in [-0.2, -0.15) is 11.8 Å². The largest absolute Gasteiger partial charge is 0.311 e. The molecule has 1 unspecified atom stereocenters. The Morgan fingerprint density at radius 2 is 2.00 bits per heavy atom. The zero-order chi connectivity index (χ0) is 15.4. The Bertz CT molecular complexity index is 647. The van der Waals surface area contributed by atoms with E-state index in [1.165, 1.54) is 10.8 Å². The van der Waals surface area contributed by atoms with Crippen LogP contribution in [-0.4, -0.2) is 35.0 Å². The van der Waals surface area contributed by atoms with Crippen molar-refractivity contribution in [2.75, 3.05) is 28.7 Å². The van der Waals surface area contributed by atoms with E-state index in [9.17, 15) is 4.79 Å². The van der Waals surface area contributed by atoms with Crippen LogP contribution in [0.5, 0.6) is 0 Å². The summed E-state index contributed by atoms with van der Waals surface area (Å²) in [6, 6.07) is 14.6. The summed E-state index contributed by atoms with van der Waals surface area (Å²) >= 11 is 3.71. The zero-order valence-electron chi connectivity index (χ0n) is 12.8. The number of benzene rings is 2. The second-order valence-corrected chi connectivity index (χ2v) is 7.88. The molecule has 0 aliphatic carbocycles. The molecule has 0 radical (unpaired) electrons. The molecule has 0 aromatic heterocycles. The first kappa shape index (κ1) is 15.8. The third-order valence-electron chi connectivity index (χ3n) is 3.86. The Kier molecular flexibility index (Phi) is 5.32. The molecular formula is C18H21NOS2. The molecule has 2 nitrogen and oxygen atoms in total. The minimum Gasteiger partial charge on any atom is -0.311 e. The van der Waals surface area contributed by atoms with Crippen molar-refractivity contribution in [2.45, 2.75) is 18.6 Å². The van der Waals surface area contributed by atoms with Gasteiger partial charge in [0.05, 0.1) is 10.9 Å². The van der Waals surface area contributed by atoms with Crippen molar-refractivity contribution in [3.63, 3.8) is 0 Å². The van der Waals surface area contributed by atoms with Crippen LogP contribution in [0.15, 0.2) is 42.5 Å². The molecule has 2 aromatic carbocycles. The first-order valence-corrected chi connectivity index (χ1v) is 10.00. The van der Waals surface area contributed by atoms with Gasteiger partial charge in [-0.3, -0.25) is 4.79 Å². The van der Waals surface area contributed by atoms with Gasteiger partial charge in [0.25, 0.3) is 0 Å². The van der Waals surface area contributed by atoms with E-state index in [2.05, 4.69) is 37.3 Å². The maximum atomic E-state index is 13.0. The maximum absolute atomic E-state index is 13.0. The highest BCUT2D eigenvalue weighted by atomic mass is 32.2. The summed E-state index contributed by atoms with van der Waals surface area (Å²) in [5.41, 5.74) is 1.06. The van der Waals surface area contributed by atoms with Gasteiger partial charge < -0.3 is 4.90 Å². The normalized spacial score (nSPS) is 18.3. The van der Waals surface area contributed by atoms with E-state index in [1.54, 1.807) is 0 Å². The van der Waals surface area contributed by atoms with Gasteiger partial charge in [-0.25, -0.2) is 0 Å². The molecule has 2 aromatic rings. The van der Waals surface area contributed by atoms with Gasteiger partial charge >= 0.3 is 0 Å². The summed E-state index contributed by atoms with van der Waals surface area (Å²) < 4.78 is 0. The minimum atomic E-state index is 0.101. The Morgan fingerprint density at radius 3 is 2.77 bits per heavy atom. The fourth-order valence-electron chi connectivity index (χ4n) is 2.82. The second-order valence-electron chi connectivity index (χ2n) is 5.42. The van der Waals surface area contributed by atoms with Crippen LogP contribution in [0.25, 0.3) is 10.8 Å². The summed E-state index contributed by atoms with van der Waals surface area (Å²) in [7, 11) is 0. The fourth-order valence-corrected chi connectivity index (χ4v) is 5.43. The van der Waals surface area contributed by atoms with Gasteiger partial charge in [0.15, 0.2) is 0 Å². The number of hydrogen-bond donors (Lipinski definition) is 0. The molecule has 1 aliphatic rings. The van der Waals surface area contributed by atoms with Crippen molar-refractivity contribution < 1.29 is 4.79 Å². The van der Waals surface area contributed by atoms with E-state index in [4.69, 9.17) is 0 Å². The molecule has 1 heterocycles. The predicted octanol–water partition coefficient (Wildman–Crippen LogP) is 4.43. The Morgan fingerprint density at radius 1 is 1.18 bits per heavy atom. The third-order valence-corrected chi connectivity index (χ3v) is 6.60. The lowest BCUT2D eigenvalue weighted by molar-refractivity contribution is -0.117. The Hall–Kier alpha value is -1.13. The van der Waals surface area contributed by atoms with Gasteiger partial charge in [-0.15, -0.1) is 11.8 Å². The summed E-state index contributed by atoms with van der Waals surface area (Å²) in [5.74, 6) is 3.46. The van der Waals surface area contributed by atoms with Crippen LogP contribution >= 0.6 is 23.5 Å². The maximum Gasteiger partial charge on any atom is 0.240 e. The van der Waals surface area contributed by atoms with Crippen LogP contribution in [0.4, 0.5) is 5.69 Å². The first-order chi connectivity index (χ1) is 10.8. The number of carbonyl (C=O) groups excluding carboxylic acids is 1. The highest BCUT2D eigenvalue weighted by Gasteiger charge is 2.28. The lowest BCUT2D eigenvalue weighted by Gasteiger charge is -2.29. The highest BCUT2D eigenvalue weighted by molar-refractivity contribution is 8.07. The quantitative estimate of drug-likeness (QED) is 0.826. The average molecular weight is 332 g/mol. The molecule has 0 N–H and O–H groups in total. The summed E-state index contributed by atoms with van der Waals surface area (Å²) in [4.78, 5) is 15.0. The fraction of sp³-hybridized carbons (Fsp3) is 0.389. The molecule has 116 valence electrons. The lowest BCUT2D eigenvalue weighted by Crippen LogP contribution is -2.40. The van der Waals surface area contributed by atoms with Gasteiger partial charge in [-0.1, -0.05) is 43.3 Å². The molecule has 22 heavy (non-hydrogen) atoms. The van der Waals surface area contributed by atoms with Crippen molar-refractivity contribution in [2.24, 2.45) is 0 Å². The SMILES string of the molecule is CCCN(C(=O)C1CSCCS1)c1cccc2ccccc12. The van der Waals surface area contributed by atoms with Crippen molar-refractivity contribution >= 4 is 45.9 Å². The number of amides is 1. The molecule has 0 spiro atoms. The molecule has 0 bridgehead atoms. The van der Waals surface area contributed by atoms with Crippen molar-refractivity contribution in [1.82, 2.24) is 0 Å². The number of fused-ring (bicyclic) bond motifs is 1. The molecule has 1 atom stereocenters. The average Bonchev–Trinajstić information content (AvgIpc) is 2.59. The number of carbonyl (C=O) groups is 1. The van der Waals surface area contributed by atoms with Crippen molar-refractivity contribution in [3.05, 3.63) is 42.5 Å². The smallest absolute Gasteiger partial charge is 0.240 e. The highest BCUT2D eigenvalue weighted by Crippen LogP contribution is 2.31. The second kappa shape index (κ2) is 7.42. The summed E-state index contributed by atoms with van der Waals surface area (Å²) in [6.07, 6.45) is 0.972. The van der Waals surface area contributed by atoms with Crippen molar-refractivity contribution in [1.29, 1.82) is 0 Å². The minimum absolute atomic E-state index is 0.101. The number of anilines is 1. The number of hydrogen-bond acceptors (Lipinski definition) is 3. The molecule has 1 amide bonds. The van der Waals surface area contributed by atoms with E-state index >= 15 is 0 Å². The van der Waals surface area contributed by atoms with Gasteiger partial charge in [0, 0.05) is 29.2 Å². The molecule has 1 aliphatic heterocycles.